The van der Waals surface area contributed by atoms with Crippen LogP contribution in [0.4, 0.5) is 0 Å². The smallest absolute Gasteiger partial charge is 0.338 e. The van der Waals surface area contributed by atoms with Crippen LogP contribution in [0.25, 0.3) is 0 Å². The van der Waals surface area contributed by atoms with Crippen molar-refractivity contribution in [3.63, 3.8) is 0 Å². The molecule has 1 rings (SSSR count). The van der Waals surface area contributed by atoms with Gasteiger partial charge < -0.3 is 14.8 Å². The van der Waals surface area contributed by atoms with Gasteiger partial charge in [-0.25, -0.2) is 4.79 Å². The molecule has 1 saturated heterocycles. The van der Waals surface area contributed by atoms with Gasteiger partial charge in [0.25, 0.3) is 0 Å². The lowest BCUT2D eigenvalue weighted by atomic mass is 9.90. The van der Waals surface area contributed by atoms with Crippen LogP contribution < -0.4 is 5.32 Å². The fourth-order valence-corrected chi connectivity index (χ4v) is 2.46. The predicted molar refractivity (Wildman–Crippen MR) is 90.3 cm³/mol. The maximum absolute atomic E-state index is 12.5. The van der Waals surface area contributed by atoms with Gasteiger partial charge in [0.2, 0.25) is 5.91 Å². The van der Waals surface area contributed by atoms with E-state index in [2.05, 4.69) is 5.32 Å². The van der Waals surface area contributed by atoms with E-state index in [1.54, 1.807) is 13.8 Å². The number of Topliss-reactive ketones (excluding diaryl/α,β-unsaturated/α-hetero) is 1. The zero-order valence-corrected chi connectivity index (χ0v) is 15.0. The van der Waals surface area contributed by atoms with Gasteiger partial charge in [0.05, 0.1) is 6.61 Å². The summed E-state index contributed by atoms with van der Waals surface area (Å²) in [7, 11) is 0. The van der Waals surface area contributed by atoms with Crippen molar-refractivity contribution in [1.29, 1.82) is 0 Å². The Morgan fingerprint density at radius 2 is 1.92 bits per heavy atom. The van der Waals surface area contributed by atoms with E-state index in [1.807, 2.05) is 13.8 Å². The molecule has 0 aromatic carbocycles. The van der Waals surface area contributed by atoms with Gasteiger partial charge in [0.15, 0.2) is 18.0 Å². The summed E-state index contributed by atoms with van der Waals surface area (Å²) in [4.78, 5) is 36.5. The summed E-state index contributed by atoms with van der Waals surface area (Å²) in [5.41, 5.74) is 0. The van der Waals surface area contributed by atoms with Crippen LogP contribution in [0.1, 0.15) is 57.9 Å². The summed E-state index contributed by atoms with van der Waals surface area (Å²) in [5, 5.41) is 2.78. The summed E-state index contributed by atoms with van der Waals surface area (Å²) >= 11 is 0. The van der Waals surface area contributed by atoms with Gasteiger partial charge in [-0.2, -0.15) is 0 Å². The van der Waals surface area contributed by atoms with Gasteiger partial charge in [-0.3, -0.25) is 9.59 Å². The van der Waals surface area contributed by atoms with Crippen LogP contribution in [0.15, 0.2) is 0 Å². The van der Waals surface area contributed by atoms with Crippen LogP contribution in [0.5, 0.6) is 0 Å². The van der Waals surface area contributed by atoms with E-state index in [0.29, 0.717) is 12.5 Å². The van der Waals surface area contributed by atoms with Crippen LogP contribution in [-0.4, -0.2) is 43.0 Å². The van der Waals surface area contributed by atoms with Gasteiger partial charge >= 0.3 is 5.97 Å². The lowest BCUT2D eigenvalue weighted by Crippen LogP contribution is -2.35. The summed E-state index contributed by atoms with van der Waals surface area (Å²) in [5.74, 6) is -2.40. The van der Waals surface area contributed by atoms with Crippen molar-refractivity contribution >= 4 is 17.7 Å². The molecule has 0 saturated carbocycles. The Morgan fingerprint density at radius 3 is 2.50 bits per heavy atom. The molecule has 0 radical (unpaired) electrons. The molecule has 0 aromatic rings. The Hall–Kier alpha value is -1.43. The molecule has 138 valence electrons. The predicted octanol–water partition coefficient (Wildman–Crippen LogP) is 2.10. The minimum atomic E-state index is -2.21. The molecule has 4 unspecified atom stereocenters. The Kier molecular flexibility index (Phi) is 6.54. The van der Waals surface area contributed by atoms with Crippen LogP contribution >= 0.6 is 0 Å². The number of epoxide rings is 1. The highest BCUT2D eigenvalue weighted by atomic mass is 16.6. The second-order valence-electron chi connectivity index (χ2n) is 6.71. The first-order chi connectivity index (χ1) is 12.5. The largest absolute Gasteiger partial charge is 0.464 e. The lowest BCUT2D eigenvalue weighted by molar-refractivity contribution is -0.144. The number of hydrogen-bond donors (Lipinski definition) is 1. The SMILES string of the molecule is [2H]C([2H])([2H])C(C)CC(CC(=O)C1OC1C(=O)OCC)C(=O)NCCC(C)C. The summed E-state index contributed by atoms with van der Waals surface area (Å²) < 4.78 is 32.4. The number of amides is 1. The number of carbonyl (C=O) groups excluding carboxylic acids is 3. The number of rotatable bonds is 11. The third-order valence-electron chi connectivity index (χ3n) is 3.81. The lowest BCUT2D eigenvalue weighted by Gasteiger charge is -2.18. The fourth-order valence-electron chi connectivity index (χ4n) is 2.46. The fraction of sp³-hybridized carbons (Fsp3) is 0.833. The van der Waals surface area contributed by atoms with Crippen LogP contribution in [0.3, 0.4) is 0 Å². The third-order valence-corrected chi connectivity index (χ3v) is 3.81. The first-order valence-electron chi connectivity index (χ1n) is 10.1. The molecule has 4 atom stereocenters. The molecule has 1 fully saturated rings. The molecule has 6 heteroatoms. The van der Waals surface area contributed by atoms with E-state index in [1.165, 1.54) is 0 Å². The third kappa shape index (κ3) is 6.99. The highest BCUT2D eigenvalue weighted by Crippen LogP contribution is 2.28. The van der Waals surface area contributed by atoms with Crippen molar-refractivity contribution in [3.05, 3.63) is 0 Å². The number of esters is 1. The molecule has 1 heterocycles. The van der Waals surface area contributed by atoms with E-state index in [-0.39, 0.29) is 31.1 Å². The van der Waals surface area contributed by atoms with Gasteiger partial charge in [-0.05, 0) is 31.6 Å². The van der Waals surface area contributed by atoms with Gasteiger partial charge in [0.1, 0.15) is 0 Å². The maximum atomic E-state index is 12.5. The van der Waals surface area contributed by atoms with E-state index >= 15 is 0 Å². The summed E-state index contributed by atoms with van der Waals surface area (Å²) in [6, 6.07) is 0. The average Bonchev–Trinajstić information content (AvgIpc) is 3.33. The minimum absolute atomic E-state index is 0.0620. The van der Waals surface area contributed by atoms with Crippen molar-refractivity contribution in [2.24, 2.45) is 17.8 Å². The van der Waals surface area contributed by atoms with Crippen molar-refractivity contribution in [1.82, 2.24) is 5.32 Å². The monoisotopic (exact) mass is 344 g/mol. The van der Waals surface area contributed by atoms with Gasteiger partial charge in [-0.15, -0.1) is 0 Å². The van der Waals surface area contributed by atoms with Crippen LogP contribution in [0.2, 0.25) is 0 Å². The Labute approximate surface area is 148 Å². The maximum Gasteiger partial charge on any atom is 0.338 e. The molecule has 1 amide bonds. The van der Waals surface area contributed by atoms with Crippen LogP contribution in [0, 0.1) is 17.8 Å². The molecule has 24 heavy (non-hydrogen) atoms. The Bertz CT molecular complexity index is 536. The standard InChI is InChI=1S/C18H31NO5/c1-6-23-18(22)16-15(24-16)14(20)10-13(9-12(4)5)17(21)19-8-7-11(2)3/h11-13,15-16H,6-10H2,1-5H3,(H,19,21)/i4D3. The molecule has 1 aliphatic heterocycles. The second kappa shape index (κ2) is 9.77. The van der Waals surface area contributed by atoms with Gasteiger partial charge in [0, 0.05) is 23.0 Å². The molecule has 0 aliphatic carbocycles. The first-order valence-corrected chi connectivity index (χ1v) is 8.59. The topological polar surface area (TPSA) is 85.0 Å². The van der Waals surface area contributed by atoms with Crippen molar-refractivity contribution in [2.75, 3.05) is 13.2 Å². The molecular formula is C18H31NO5. The number of ether oxygens (including phenoxy) is 2. The molecule has 1 N–H and O–H groups in total. The van der Waals surface area contributed by atoms with Crippen LogP contribution in [-0.2, 0) is 23.9 Å². The highest BCUT2D eigenvalue weighted by Gasteiger charge is 2.51. The zero-order chi connectivity index (χ0) is 20.8. The zero-order valence-electron chi connectivity index (χ0n) is 18.0. The normalized spacial score (nSPS) is 24.3. The van der Waals surface area contributed by atoms with E-state index < -0.39 is 36.9 Å². The van der Waals surface area contributed by atoms with E-state index in [0.717, 1.165) is 6.42 Å². The molecule has 0 spiro atoms. The average molecular weight is 344 g/mol. The quantitative estimate of drug-likeness (QED) is 0.458. The first kappa shape index (κ1) is 16.1. The summed E-state index contributed by atoms with van der Waals surface area (Å²) in [6.45, 7) is 5.72. The Morgan fingerprint density at radius 1 is 1.21 bits per heavy atom. The Balaban J connectivity index is 2.69. The van der Waals surface area contributed by atoms with Crippen molar-refractivity contribution in [3.8, 4) is 0 Å². The van der Waals surface area contributed by atoms with E-state index in [9.17, 15) is 14.4 Å². The number of ketones is 1. The molecule has 6 nitrogen and oxygen atoms in total. The minimum Gasteiger partial charge on any atom is -0.464 e. The molecule has 0 aromatic heterocycles. The molecule has 1 aliphatic rings. The number of hydrogen-bond acceptors (Lipinski definition) is 5. The molecular weight excluding hydrogens is 310 g/mol. The second-order valence-corrected chi connectivity index (χ2v) is 6.71. The number of carbonyl (C=O) groups is 3. The van der Waals surface area contributed by atoms with Gasteiger partial charge in [-0.1, -0.05) is 27.6 Å². The number of nitrogens with one attached hydrogen (secondary N) is 1. The highest BCUT2D eigenvalue weighted by molar-refractivity contribution is 5.96. The van der Waals surface area contributed by atoms with E-state index in [4.69, 9.17) is 13.6 Å². The summed E-state index contributed by atoms with van der Waals surface area (Å²) in [6.07, 6.45) is -1.13. The molecule has 0 bridgehead atoms. The van der Waals surface area contributed by atoms with Crippen molar-refractivity contribution in [2.45, 2.75) is 66.0 Å². The van der Waals surface area contributed by atoms with Crippen molar-refractivity contribution < 1.29 is 28.0 Å².